The Hall–Kier alpha value is -2.53. The van der Waals surface area contributed by atoms with E-state index in [1.807, 2.05) is 0 Å². The van der Waals surface area contributed by atoms with Crippen LogP contribution in [0.25, 0.3) is 0 Å². The maximum atomic E-state index is 13.0. The van der Waals surface area contributed by atoms with E-state index in [4.69, 9.17) is 5.73 Å². The van der Waals surface area contributed by atoms with Crippen LogP contribution in [0.4, 0.5) is 10.3 Å². The molecule has 2 aromatic rings. The number of nitrogens with zero attached hydrogens (tertiary/aromatic N) is 3. The molecule has 134 valence electrons. The van der Waals surface area contributed by atoms with Gasteiger partial charge in [0.15, 0.2) is 0 Å². The van der Waals surface area contributed by atoms with Gasteiger partial charge < -0.3 is 11.1 Å². The Labute approximate surface area is 143 Å². The standard InChI is InChI=1S/C14H17FN6O3S/c15-9-3-5-10(6-4-9)25(23,24)21-7-1-2-11(21)13(22)17-8-12-18-14(16)20-19-12/h3-6,11H,1-2,7-8H2,(H,17,22)(H3,16,18,19,20). The van der Waals surface area contributed by atoms with E-state index in [2.05, 4.69) is 20.5 Å². The van der Waals surface area contributed by atoms with Crippen molar-refractivity contribution in [1.82, 2.24) is 24.8 Å². The number of H-pyrrole nitrogens is 1. The molecule has 0 spiro atoms. The van der Waals surface area contributed by atoms with E-state index < -0.39 is 27.8 Å². The van der Waals surface area contributed by atoms with Crippen LogP contribution in [0, 0.1) is 5.82 Å². The molecular weight excluding hydrogens is 351 g/mol. The first-order valence-electron chi connectivity index (χ1n) is 7.60. The molecule has 1 aliphatic heterocycles. The summed E-state index contributed by atoms with van der Waals surface area (Å²) in [5.74, 6) is -0.526. The zero-order chi connectivity index (χ0) is 18.0. The largest absolute Gasteiger partial charge is 0.367 e. The maximum Gasteiger partial charge on any atom is 0.243 e. The van der Waals surface area contributed by atoms with Crippen molar-refractivity contribution in [3.8, 4) is 0 Å². The van der Waals surface area contributed by atoms with Crippen molar-refractivity contribution in [3.63, 3.8) is 0 Å². The number of sulfonamides is 1. The molecule has 0 aliphatic carbocycles. The third-order valence-corrected chi connectivity index (χ3v) is 5.83. The molecule has 1 aliphatic rings. The number of anilines is 1. The van der Waals surface area contributed by atoms with Gasteiger partial charge in [-0.05, 0) is 37.1 Å². The average Bonchev–Trinajstić information content (AvgIpc) is 3.22. The van der Waals surface area contributed by atoms with Crippen LogP contribution in [0.5, 0.6) is 0 Å². The number of rotatable bonds is 5. The van der Waals surface area contributed by atoms with Crippen LogP contribution in [0.1, 0.15) is 18.7 Å². The van der Waals surface area contributed by atoms with Gasteiger partial charge in [0.2, 0.25) is 21.9 Å². The minimum Gasteiger partial charge on any atom is -0.367 e. The highest BCUT2D eigenvalue weighted by Crippen LogP contribution is 2.26. The SMILES string of the molecule is Nc1n[nH]c(CNC(=O)C2CCCN2S(=O)(=O)c2ccc(F)cc2)n1. The van der Waals surface area contributed by atoms with Gasteiger partial charge in [-0.25, -0.2) is 12.8 Å². The highest BCUT2D eigenvalue weighted by atomic mass is 32.2. The van der Waals surface area contributed by atoms with E-state index in [0.29, 0.717) is 18.7 Å². The fraction of sp³-hybridized carbons (Fsp3) is 0.357. The van der Waals surface area contributed by atoms with Crippen LogP contribution in [0.15, 0.2) is 29.2 Å². The van der Waals surface area contributed by atoms with Crippen LogP contribution in [0.3, 0.4) is 0 Å². The summed E-state index contributed by atoms with van der Waals surface area (Å²) in [6.45, 7) is 0.289. The molecule has 0 saturated carbocycles. The highest BCUT2D eigenvalue weighted by Gasteiger charge is 2.39. The number of halogens is 1. The van der Waals surface area contributed by atoms with Crippen LogP contribution >= 0.6 is 0 Å². The third-order valence-electron chi connectivity index (χ3n) is 3.91. The Balaban J connectivity index is 1.72. The van der Waals surface area contributed by atoms with Crippen molar-refractivity contribution in [3.05, 3.63) is 35.9 Å². The first-order chi connectivity index (χ1) is 11.9. The van der Waals surface area contributed by atoms with Crippen molar-refractivity contribution in [2.45, 2.75) is 30.3 Å². The van der Waals surface area contributed by atoms with Gasteiger partial charge in [0.25, 0.3) is 0 Å². The molecule has 1 fully saturated rings. The minimum absolute atomic E-state index is 0.0448. The van der Waals surface area contributed by atoms with Crippen LogP contribution in [-0.4, -0.2) is 46.4 Å². The number of nitrogen functional groups attached to an aromatic ring is 1. The second-order valence-corrected chi connectivity index (χ2v) is 7.48. The second kappa shape index (κ2) is 6.76. The van der Waals surface area contributed by atoms with Crippen molar-refractivity contribution < 1.29 is 17.6 Å². The van der Waals surface area contributed by atoms with E-state index in [-0.39, 0.29) is 23.9 Å². The predicted octanol–water partition coefficient (Wildman–Crippen LogP) is -0.00450. The number of hydrogen-bond acceptors (Lipinski definition) is 6. The molecule has 1 unspecified atom stereocenters. The number of nitrogens with one attached hydrogen (secondary N) is 2. The molecule has 4 N–H and O–H groups in total. The summed E-state index contributed by atoms with van der Waals surface area (Å²) in [5.41, 5.74) is 5.38. The predicted molar refractivity (Wildman–Crippen MR) is 86.0 cm³/mol. The number of carbonyl (C=O) groups excluding carboxylic acids is 1. The molecular formula is C14H17FN6O3S. The topological polar surface area (TPSA) is 134 Å². The lowest BCUT2D eigenvalue weighted by Crippen LogP contribution is -2.45. The molecule has 1 amide bonds. The van der Waals surface area contributed by atoms with E-state index in [1.54, 1.807) is 0 Å². The third kappa shape index (κ3) is 3.61. The summed E-state index contributed by atoms with van der Waals surface area (Å²) in [5, 5.41) is 8.82. The Morgan fingerprint density at radius 2 is 2.12 bits per heavy atom. The summed E-state index contributed by atoms with van der Waals surface area (Å²) < 4.78 is 39.6. The number of aromatic amines is 1. The fourth-order valence-corrected chi connectivity index (χ4v) is 4.37. The molecule has 0 bridgehead atoms. The zero-order valence-electron chi connectivity index (χ0n) is 13.1. The fourth-order valence-electron chi connectivity index (χ4n) is 2.71. The van der Waals surface area contributed by atoms with Crippen molar-refractivity contribution in [2.75, 3.05) is 12.3 Å². The van der Waals surface area contributed by atoms with E-state index in [0.717, 1.165) is 16.4 Å². The second-order valence-electron chi connectivity index (χ2n) is 5.59. The number of benzene rings is 1. The van der Waals surface area contributed by atoms with E-state index >= 15 is 0 Å². The Morgan fingerprint density at radius 1 is 1.40 bits per heavy atom. The molecule has 11 heteroatoms. The van der Waals surface area contributed by atoms with Crippen molar-refractivity contribution in [2.24, 2.45) is 0 Å². The average molecular weight is 368 g/mol. The van der Waals surface area contributed by atoms with Gasteiger partial charge in [0.1, 0.15) is 17.7 Å². The van der Waals surface area contributed by atoms with Crippen LogP contribution in [-0.2, 0) is 21.4 Å². The van der Waals surface area contributed by atoms with Gasteiger partial charge in [-0.15, -0.1) is 5.10 Å². The lowest BCUT2D eigenvalue weighted by atomic mass is 10.2. The van der Waals surface area contributed by atoms with Gasteiger partial charge in [-0.2, -0.15) is 9.29 Å². The molecule has 2 heterocycles. The summed E-state index contributed by atoms with van der Waals surface area (Å²) in [4.78, 5) is 16.2. The number of aromatic nitrogens is 3. The van der Waals surface area contributed by atoms with Gasteiger partial charge in [0, 0.05) is 6.54 Å². The molecule has 0 radical (unpaired) electrons. The number of amides is 1. The summed E-state index contributed by atoms with van der Waals surface area (Å²) in [7, 11) is -3.88. The van der Waals surface area contributed by atoms with Gasteiger partial charge >= 0.3 is 0 Å². The van der Waals surface area contributed by atoms with E-state index in [1.165, 1.54) is 12.1 Å². The number of nitrogens with two attached hydrogens (primary N) is 1. The summed E-state index contributed by atoms with van der Waals surface area (Å²) >= 11 is 0. The van der Waals surface area contributed by atoms with Crippen LogP contribution < -0.4 is 11.1 Å². The Bertz CT molecular complexity index is 867. The minimum atomic E-state index is -3.88. The first kappa shape index (κ1) is 17.3. The maximum absolute atomic E-state index is 13.0. The molecule has 3 rings (SSSR count). The lowest BCUT2D eigenvalue weighted by molar-refractivity contribution is -0.124. The molecule has 1 aromatic heterocycles. The molecule has 25 heavy (non-hydrogen) atoms. The summed E-state index contributed by atoms with van der Waals surface area (Å²) in [6.07, 6.45) is 0.971. The van der Waals surface area contributed by atoms with Crippen molar-refractivity contribution >= 4 is 21.9 Å². The molecule has 1 atom stereocenters. The van der Waals surface area contributed by atoms with E-state index in [9.17, 15) is 17.6 Å². The molecule has 1 saturated heterocycles. The quantitative estimate of drug-likeness (QED) is 0.680. The monoisotopic (exact) mass is 368 g/mol. The molecule has 1 aromatic carbocycles. The summed E-state index contributed by atoms with van der Waals surface area (Å²) in [6, 6.07) is 3.71. The van der Waals surface area contributed by atoms with Crippen molar-refractivity contribution in [1.29, 1.82) is 0 Å². The van der Waals surface area contributed by atoms with Gasteiger partial charge in [-0.3, -0.25) is 9.89 Å². The normalized spacial score (nSPS) is 18.4. The Morgan fingerprint density at radius 3 is 2.76 bits per heavy atom. The van der Waals surface area contributed by atoms with Gasteiger partial charge in [0.05, 0.1) is 11.4 Å². The number of carbonyl (C=O) groups is 1. The number of hydrogen-bond donors (Lipinski definition) is 3. The van der Waals surface area contributed by atoms with Crippen LogP contribution in [0.2, 0.25) is 0 Å². The highest BCUT2D eigenvalue weighted by molar-refractivity contribution is 7.89. The zero-order valence-corrected chi connectivity index (χ0v) is 14.0. The smallest absolute Gasteiger partial charge is 0.243 e. The molecule has 9 nitrogen and oxygen atoms in total. The first-order valence-corrected chi connectivity index (χ1v) is 9.04. The van der Waals surface area contributed by atoms with Gasteiger partial charge in [-0.1, -0.05) is 0 Å². The Kier molecular flexibility index (Phi) is 4.68. The lowest BCUT2D eigenvalue weighted by Gasteiger charge is -2.23.